The van der Waals surface area contributed by atoms with Gasteiger partial charge in [-0.15, -0.1) is 23.5 Å². The first-order chi connectivity index (χ1) is 6.33. The van der Waals surface area contributed by atoms with Gasteiger partial charge in [0.1, 0.15) is 0 Å². The molecular weight excluding hydrogens is 198 g/mol. The van der Waals surface area contributed by atoms with Gasteiger partial charge in [0.25, 0.3) is 0 Å². The maximum atomic E-state index is 8.64. The van der Waals surface area contributed by atoms with Crippen molar-refractivity contribution in [3.8, 4) is 6.07 Å². The zero-order chi connectivity index (χ0) is 9.68. The molecule has 0 fully saturated rings. The quantitative estimate of drug-likeness (QED) is 0.714. The Morgan fingerprint density at radius 2 is 2.08 bits per heavy atom. The Balaban J connectivity index is 3.12. The van der Waals surface area contributed by atoms with Crippen molar-refractivity contribution in [2.75, 3.05) is 12.5 Å². The van der Waals surface area contributed by atoms with Gasteiger partial charge >= 0.3 is 0 Å². The summed E-state index contributed by atoms with van der Waals surface area (Å²) in [5.74, 6) is 0. The van der Waals surface area contributed by atoms with Crippen molar-refractivity contribution in [2.24, 2.45) is 0 Å². The molecule has 1 nitrogen and oxygen atoms in total. The molecule has 0 aliphatic rings. The van der Waals surface area contributed by atoms with Gasteiger partial charge in [-0.25, -0.2) is 0 Å². The molecule has 3 heteroatoms. The summed E-state index contributed by atoms with van der Waals surface area (Å²) in [7, 11) is 0. The lowest BCUT2D eigenvalue weighted by molar-refractivity contribution is 1.11. The highest BCUT2D eigenvalue weighted by atomic mass is 32.2. The largest absolute Gasteiger partial charge is 0.198 e. The number of hydrogen-bond donors (Lipinski definition) is 0. The summed E-state index contributed by atoms with van der Waals surface area (Å²) in [6, 6.07) is 8.32. The van der Waals surface area contributed by atoms with E-state index in [1.54, 1.807) is 23.5 Å². The molecule has 1 aromatic carbocycles. The summed E-state index contributed by atoms with van der Waals surface area (Å²) in [6.45, 7) is 0. The summed E-state index contributed by atoms with van der Waals surface area (Å²) in [5.41, 5.74) is 1.14. The van der Waals surface area contributed by atoms with Crippen LogP contribution in [0.25, 0.3) is 0 Å². The fraction of sp³-hybridized carbons (Fsp3) is 0.300. The van der Waals surface area contributed by atoms with Crippen molar-refractivity contribution in [3.63, 3.8) is 0 Å². The molecule has 0 bridgehead atoms. The minimum absolute atomic E-state index is 0.505. The topological polar surface area (TPSA) is 23.8 Å². The van der Waals surface area contributed by atoms with E-state index in [2.05, 4.69) is 24.6 Å². The van der Waals surface area contributed by atoms with Crippen LogP contribution in [-0.4, -0.2) is 12.5 Å². The average Bonchev–Trinajstić information content (AvgIpc) is 2.18. The Hall–Kier alpha value is -0.590. The van der Waals surface area contributed by atoms with E-state index in [-0.39, 0.29) is 0 Å². The van der Waals surface area contributed by atoms with E-state index >= 15 is 0 Å². The summed E-state index contributed by atoms with van der Waals surface area (Å²) in [4.78, 5) is 2.51. The Morgan fingerprint density at radius 3 is 2.62 bits per heavy atom. The summed E-state index contributed by atoms with van der Waals surface area (Å²) in [6.07, 6.45) is 4.62. The second kappa shape index (κ2) is 5.21. The minimum Gasteiger partial charge on any atom is -0.198 e. The van der Waals surface area contributed by atoms with Crippen LogP contribution in [0.3, 0.4) is 0 Å². The maximum Gasteiger partial charge on any atom is 0.0670 e. The Kier molecular flexibility index (Phi) is 4.20. The van der Waals surface area contributed by atoms with Crippen LogP contribution in [0, 0.1) is 11.3 Å². The lowest BCUT2D eigenvalue weighted by atomic mass is 10.2. The van der Waals surface area contributed by atoms with Crippen molar-refractivity contribution < 1.29 is 0 Å². The van der Waals surface area contributed by atoms with Crippen LogP contribution < -0.4 is 0 Å². The van der Waals surface area contributed by atoms with Crippen molar-refractivity contribution in [1.82, 2.24) is 0 Å². The SMILES string of the molecule is CSc1cccc(CC#N)c1SC. The first kappa shape index (κ1) is 10.5. The second-order valence-electron chi connectivity index (χ2n) is 2.49. The van der Waals surface area contributed by atoms with E-state index < -0.39 is 0 Å². The summed E-state index contributed by atoms with van der Waals surface area (Å²) in [5, 5.41) is 8.64. The molecule has 0 unspecified atom stereocenters. The van der Waals surface area contributed by atoms with E-state index in [4.69, 9.17) is 5.26 Å². The molecule has 1 aromatic rings. The number of hydrogen-bond acceptors (Lipinski definition) is 3. The summed E-state index contributed by atoms with van der Waals surface area (Å²) < 4.78 is 0. The highest BCUT2D eigenvalue weighted by Crippen LogP contribution is 2.31. The molecule has 0 spiro atoms. The summed E-state index contributed by atoms with van der Waals surface area (Å²) >= 11 is 3.44. The van der Waals surface area contributed by atoms with Gasteiger partial charge in [-0.05, 0) is 24.1 Å². The molecular formula is C10H11NS2. The van der Waals surface area contributed by atoms with Crippen molar-refractivity contribution in [1.29, 1.82) is 5.26 Å². The predicted molar refractivity (Wildman–Crippen MR) is 59.3 cm³/mol. The van der Waals surface area contributed by atoms with Gasteiger partial charge in [0, 0.05) is 9.79 Å². The van der Waals surface area contributed by atoms with Gasteiger partial charge in [-0.1, -0.05) is 12.1 Å². The molecule has 68 valence electrons. The van der Waals surface area contributed by atoms with Crippen LogP contribution in [0.5, 0.6) is 0 Å². The van der Waals surface area contributed by atoms with Gasteiger partial charge in [0.2, 0.25) is 0 Å². The molecule has 0 aliphatic carbocycles. The average molecular weight is 209 g/mol. The van der Waals surface area contributed by atoms with E-state index in [0.717, 1.165) is 5.56 Å². The van der Waals surface area contributed by atoms with Crippen LogP contribution in [0.15, 0.2) is 28.0 Å². The number of nitriles is 1. The highest BCUT2D eigenvalue weighted by Gasteiger charge is 2.05. The smallest absolute Gasteiger partial charge is 0.0670 e. The maximum absolute atomic E-state index is 8.64. The standard InChI is InChI=1S/C10H11NS2/c1-12-9-5-3-4-8(6-7-11)10(9)13-2/h3-5H,6H2,1-2H3. The highest BCUT2D eigenvalue weighted by molar-refractivity contribution is 8.01. The molecule has 0 atom stereocenters. The third-order valence-electron chi connectivity index (χ3n) is 1.75. The van der Waals surface area contributed by atoms with Gasteiger partial charge in [0.05, 0.1) is 12.5 Å². The lowest BCUT2D eigenvalue weighted by Gasteiger charge is -2.08. The molecule has 0 radical (unpaired) electrons. The molecule has 0 amide bonds. The monoisotopic (exact) mass is 209 g/mol. The van der Waals surface area contributed by atoms with Gasteiger partial charge in [-0.2, -0.15) is 5.26 Å². The van der Waals surface area contributed by atoms with Crippen LogP contribution in [-0.2, 0) is 6.42 Å². The number of rotatable bonds is 3. The lowest BCUT2D eigenvalue weighted by Crippen LogP contribution is -1.87. The molecule has 0 heterocycles. The molecule has 0 N–H and O–H groups in total. The fourth-order valence-electron chi connectivity index (χ4n) is 1.18. The minimum atomic E-state index is 0.505. The predicted octanol–water partition coefficient (Wildman–Crippen LogP) is 3.20. The van der Waals surface area contributed by atoms with E-state index in [0.29, 0.717) is 6.42 Å². The third kappa shape index (κ3) is 2.43. The van der Waals surface area contributed by atoms with Crippen LogP contribution >= 0.6 is 23.5 Å². The molecule has 0 aromatic heterocycles. The van der Waals surface area contributed by atoms with Gasteiger partial charge in [0.15, 0.2) is 0 Å². The van der Waals surface area contributed by atoms with Crippen molar-refractivity contribution >= 4 is 23.5 Å². The Bertz CT molecular complexity index is 328. The van der Waals surface area contributed by atoms with Gasteiger partial charge < -0.3 is 0 Å². The number of thioether (sulfide) groups is 2. The molecule has 0 saturated carbocycles. The second-order valence-corrected chi connectivity index (χ2v) is 4.15. The van der Waals surface area contributed by atoms with Crippen molar-refractivity contribution in [2.45, 2.75) is 16.2 Å². The van der Waals surface area contributed by atoms with Crippen LogP contribution in [0.4, 0.5) is 0 Å². The molecule has 0 aliphatic heterocycles. The first-order valence-corrected chi connectivity index (χ1v) is 6.35. The van der Waals surface area contributed by atoms with E-state index in [1.165, 1.54) is 9.79 Å². The molecule has 1 rings (SSSR count). The fourth-order valence-corrected chi connectivity index (χ4v) is 2.88. The van der Waals surface area contributed by atoms with E-state index in [1.807, 2.05) is 12.1 Å². The van der Waals surface area contributed by atoms with Crippen LogP contribution in [0.1, 0.15) is 5.56 Å². The van der Waals surface area contributed by atoms with Gasteiger partial charge in [-0.3, -0.25) is 0 Å². The third-order valence-corrected chi connectivity index (χ3v) is 3.55. The Labute approximate surface area is 87.5 Å². The zero-order valence-electron chi connectivity index (χ0n) is 7.70. The first-order valence-electron chi connectivity index (χ1n) is 3.90. The van der Waals surface area contributed by atoms with E-state index in [9.17, 15) is 0 Å². The molecule has 0 saturated heterocycles. The number of nitrogens with zero attached hydrogens (tertiary/aromatic N) is 1. The molecule has 13 heavy (non-hydrogen) atoms. The Morgan fingerprint density at radius 1 is 1.31 bits per heavy atom. The zero-order valence-corrected chi connectivity index (χ0v) is 9.34. The van der Waals surface area contributed by atoms with Crippen LogP contribution in [0.2, 0.25) is 0 Å². The normalized spacial score (nSPS) is 9.62. The number of benzene rings is 1. The van der Waals surface area contributed by atoms with Crippen molar-refractivity contribution in [3.05, 3.63) is 23.8 Å².